The molecule has 1 atom stereocenters. The second kappa shape index (κ2) is 3.88. The van der Waals surface area contributed by atoms with Crippen LogP contribution < -0.4 is 5.32 Å². The molecule has 2 fully saturated rings. The molecule has 0 spiro atoms. The van der Waals surface area contributed by atoms with Gasteiger partial charge in [-0.2, -0.15) is 5.10 Å². The summed E-state index contributed by atoms with van der Waals surface area (Å²) in [5.74, 6) is 1.69. The predicted molar refractivity (Wildman–Crippen MR) is 64.4 cm³/mol. The Labute approximate surface area is 97.2 Å². The fourth-order valence-electron chi connectivity index (χ4n) is 2.64. The molecule has 1 N–H and O–H groups in total. The van der Waals surface area contributed by atoms with E-state index in [4.69, 9.17) is 0 Å². The second-order valence-corrected chi connectivity index (χ2v) is 5.38. The SMILES string of the molecule is CNCc1cnn(C(C)C2CC2)c1C1CC1. The fraction of sp³-hybridized carbons (Fsp3) is 0.769. The highest BCUT2D eigenvalue weighted by Gasteiger charge is 2.35. The maximum Gasteiger partial charge on any atom is 0.0537 e. The number of aromatic nitrogens is 2. The Morgan fingerprint density at radius 1 is 1.44 bits per heavy atom. The van der Waals surface area contributed by atoms with Crippen LogP contribution in [0.3, 0.4) is 0 Å². The first kappa shape index (κ1) is 10.3. The summed E-state index contributed by atoms with van der Waals surface area (Å²) < 4.78 is 2.32. The molecule has 0 bridgehead atoms. The molecule has 2 saturated carbocycles. The highest BCUT2D eigenvalue weighted by molar-refractivity contribution is 5.26. The molecule has 0 saturated heterocycles. The minimum absolute atomic E-state index is 0.612. The number of nitrogens with one attached hydrogen (secondary N) is 1. The van der Waals surface area contributed by atoms with Gasteiger partial charge in [-0.25, -0.2) is 0 Å². The van der Waals surface area contributed by atoms with Crippen molar-refractivity contribution in [2.75, 3.05) is 7.05 Å². The Morgan fingerprint density at radius 2 is 2.19 bits per heavy atom. The molecule has 88 valence electrons. The molecule has 16 heavy (non-hydrogen) atoms. The maximum atomic E-state index is 4.63. The number of nitrogens with zero attached hydrogens (tertiary/aromatic N) is 2. The van der Waals surface area contributed by atoms with Crippen LogP contribution in [0.4, 0.5) is 0 Å². The van der Waals surface area contributed by atoms with Crippen molar-refractivity contribution in [1.29, 1.82) is 0 Å². The van der Waals surface area contributed by atoms with Crippen LogP contribution in [0.2, 0.25) is 0 Å². The van der Waals surface area contributed by atoms with Crippen LogP contribution in [0.25, 0.3) is 0 Å². The third kappa shape index (κ3) is 1.77. The standard InChI is InChI=1S/C13H21N3/c1-9(10-3-4-10)16-13(11-5-6-11)12(7-14-2)8-15-16/h8-11,14H,3-7H2,1-2H3. The molecular weight excluding hydrogens is 198 g/mol. The fourth-order valence-corrected chi connectivity index (χ4v) is 2.64. The van der Waals surface area contributed by atoms with Crippen LogP contribution in [-0.2, 0) is 6.54 Å². The highest BCUT2D eigenvalue weighted by Crippen LogP contribution is 2.46. The van der Waals surface area contributed by atoms with Gasteiger partial charge in [0.1, 0.15) is 0 Å². The van der Waals surface area contributed by atoms with E-state index in [1.54, 1.807) is 0 Å². The first-order valence-electron chi connectivity index (χ1n) is 6.52. The van der Waals surface area contributed by atoms with Crippen molar-refractivity contribution < 1.29 is 0 Å². The highest BCUT2D eigenvalue weighted by atomic mass is 15.3. The van der Waals surface area contributed by atoms with Crippen molar-refractivity contribution in [2.45, 2.75) is 51.1 Å². The van der Waals surface area contributed by atoms with E-state index in [1.165, 1.54) is 36.9 Å². The van der Waals surface area contributed by atoms with Gasteiger partial charge in [0.25, 0.3) is 0 Å². The van der Waals surface area contributed by atoms with Crippen molar-refractivity contribution in [3.05, 3.63) is 17.5 Å². The Balaban J connectivity index is 1.90. The molecule has 0 aliphatic heterocycles. The average Bonchev–Trinajstić information content (AvgIpc) is 3.16. The summed E-state index contributed by atoms with van der Waals surface area (Å²) in [7, 11) is 2.01. The molecule has 0 radical (unpaired) electrons. The van der Waals surface area contributed by atoms with Gasteiger partial charge in [-0.3, -0.25) is 4.68 Å². The van der Waals surface area contributed by atoms with Gasteiger partial charge < -0.3 is 5.32 Å². The van der Waals surface area contributed by atoms with Crippen molar-refractivity contribution >= 4 is 0 Å². The topological polar surface area (TPSA) is 29.9 Å². The van der Waals surface area contributed by atoms with Gasteiger partial charge in [-0.1, -0.05) is 0 Å². The minimum atomic E-state index is 0.612. The van der Waals surface area contributed by atoms with E-state index in [9.17, 15) is 0 Å². The van der Waals surface area contributed by atoms with Gasteiger partial charge >= 0.3 is 0 Å². The molecule has 3 rings (SSSR count). The van der Waals surface area contributed by atoms with Crippen LogP contribution >= 0.6 is 0 Å². The Kier molecular flexibility index (Phi) is 2.51. The third-order valence-corrected chi connectivity index (χ3v) is 3.94. The van der Waals surface area contributed by atoms with Gasteiger partial charge in [0.05, 0.1) is 12.2 Å². The van der Waals surface area contributed by atoms with E-state index in [2.05, 4.69) is 28.2 Å². The molecule has 1 unspecified atom stereocenters. The summed E-state index contributed by atoms with van der Waals surface area (Å²) in [6.07, 6.45) is 7.58. The first-order valence-corrected chi connectivity index (χ1v) is 6.52. The normalized spacial score (nSPS) is 22.4. The van der Waals surface area contributed by atoms with E-state index < -0.39 is 0 Å². The van der Waals surface area contributed by atoms with Crippen LogP contribution in [-0.4, -0.2) is 16.8 Å². The van der Waals surface area contributed by atoms with Crippen molar-refractivity contribution in [1.82, 2.24) is 15.1 Å². The Hall–Kier alpha value is -0.830. The van der Waals surface area contributed by atoms with Gasteiger partial charge in [0, 0.05) is 23.7 Å². The zero-order chi connectivity index (χ0) is 11.1. The summed E-state index contributed by atoms with van der Waals surface area (Å²) in [4.78, 5) is 0. The van der Waals surface area contributed by atoms with E-state index in [0.29, 0.717) is 6.04 Å². The summed E-state index contributed by atoms with van der Waals surface area (Å²) >= 11 is 0. The van der Waals surface area contributed by atoms with E-state index >= 15 is 0 Å². The molecular formula is C13H21N3. The molecule has 1 heterocycles. The molecule has 2 aliphatic rings. The van der Waals surface area contributed by atoms with Gasteiger partial charge in [0.15, 0.2) is 0 Å². The minimum Gasteiger partial charge on any atom is -0.316 e. The third-order valence-electron chi connectivity index (χ3n) is 3.94. The van der Waals surface area contributed by atoms with Gasteiger partial charge in [-0.05, 0) is 45.6 Å². The monoisotopic (exact) mass is 219 g/mol. The van der Waals surface area contributed by atoms with Crippen LogP contribution in [0.5, 0.6) is 0 Å². The number of hydrogen-bond acceptors (Lipinski definition) is 2. The van der Waals surface area contributed by atoms with E-state index in [0.717, 1.165) is 18.4 Å². The zero-order valence-electron chi connectivity index (χ0n) is 10.2. The lowest BCUT2D eigenvalue weighted by molar-refractivity contribution is 0.424. The maximum absolute atomic E-state index is 4.63. The van der Waals surface area contributed by atoms with Crippen LogP contribution in [0.15, 0.2) is 6.20 Å². The van der Waals surface area contributed by atoms with Crippen molar-refractivity contribution in [2.24, 2.45) is 5.92 Å². The van der Waals surface area contributed by atoms with Gasteiger partial charge in [-0.15, -0.1) is 0 Å². The first-order chi connectivity index (χ1) is 7.81. The molecule has 1 aromatic heterocycles. The van der Waals surface area contributed by atoms with Crippen molar-refractivity contribution in [3.8, 4) is 0 Å². The predicted octanol–water partition coefficient (Wildman–Crippen LogP) is 2.45. The smallest absolute Gasteiger partial charge is 0.0537 e. The summed E-state index contributed by atoms with van der Waals surface area (Å²) in [6, 6.07) is 0.612. The van der Waals surface area contributed by atoms with E-state index in [1.807, 2.05) is 7.05 Å². The number of rotatable bonds is 5. The summed E-state index contributed by atoms with van der Waals surface area (Å²) in [5, 5.41) is 7.88. The van der Waals surface area contributed by atoms with E-state index in [-0.39, 0.29) is 0 Å². The van der Waals surface area contributed by atoms with Crippen LogP contribution in [0, 0.1) is 5.92 Å². The van der Waals surface area contributed by atoms with Gasteiger partial charge in [0.2, 0.25) is 0 Å². The largest absolute Gasteiger partial charge is 0.316 e. The number of hydrogen-bond donors (Lipinski definition) is 1. The lowest BCUT2D eigenvalue weighted by Gasteiger charge is -2.15. The molecule has 2 aliphatic carbocycles. The molecule has 1 aromatic rings. The summed E-state index contributed by atoms with van der Waals surface area (Å²) in [6.45, 7) is 3.29. The Bertz CT molecular complexity index is 375. The van der Waals surface area contributed by atoms with Crippen LogP contribution in [0.1, 0.15) is 55.8 Å². The zero-order valence-corrected chi connectivity index (χ0v) is 10.2. The Morgan fingerprint density at radius 3 is 2.75 bits per heavy atom. The molecule has 3 heteroatoms. The average molecular weight is 219 g/mol. The molecule has 0 aromatic carbocycles. The lowest BCUT2D eigenvalue weighted by Crippen LogP contribution is -2.14. The quantitative estimate of drug-likeness (QED) is 0.824. The second-order valence-electron chi connectivity index (χ2n) is 5.38. The van der Waals surface area contributed by atoms with Crippen molar-refractivity contribution in [3.63, 3.8) is 0 Å². The molecule has 3 nitrogen and oxygen atoms in total. The summed E-state index contributed by atoms with van der Waals surface area (Å²) in [5.41, 5.74) is 2.94. The lowest BCUT2D eigenvalue weighted by atomic mass is 10.1. The molecule has 0 amide bonds.